The average molecular weight is 293 g/mol. The van der Waals surface area contributed by atoms with Crippen molar-refractivity contribution in [3.63, 3.8) is 0 Å². The maximum atomic E-state index is 5.62. The third kappa shape index (κ3) is 9.40. The summed E-state index contributed by atoms with van der Waals surface area (Å²) in [5.41, 5.74) is 1.03. The largest absolute Gasteiger partial charge is 0.477 e. The van der Waals surface area contributed by atoms with Crippen LogP contribution in [0.15, 0.2) is 12.4 Å². The molecule has 0 radical (unpaired) electrons. The van der Waals surface area contributed by atoms with Crippen molar-refractivity contribution in [3.8, 4) is 5.88 Å². The van der Waals surface area contributed by atoms with Gasteiger partial charge in [-0.25, -0.2) is 4.98 Å². The molecule has 0 saturated heterocycles. The molecule has 4 heteroatoms. The summed E-state index contributed by atoms with van der Waals surface area (Å²) in [5.74, 6) is 0.628. The number of unbranched alkanes of at least 4 members (excludes halogenated alkanes) is 5. The van der Waals surface area contributed by atoms with Crippen LogP contribution < -0.4 is 10.1 Å². The Labute approximate surface area is 129 Å². The zero-order valence-corrected chi connectivity index (χ0v) is 14.1. The van der Waals surface area contributed by atoms with Gasteiger partial charge >= 0.3 is 0 Å². The SMILES string of the molecule is CCCCCCCCOc1cnc(CNC(C)(C)C)cn1. The van der Waals surface area contributed by atoms with Crippen molar-refractivity contribution in [2.45, 2.75) is 78.3 Å². The molecule has 0 aliphatic heterocycles. The topological polar surface area (TPSA) is 47.0 Å². The van der Waals surface area contributed by atoms with E-state index in [2.05, 4.69) is 43.0 Å². The van der Waals surface area contributed by atoms with E-state index in [0.717, 1.165) is 25.3 Å². The van der Waals surface area contributed by atoms with Crippen molar-refractivity contribution in [2.24, 2.45) is 0 Å². The maximum Gasteiger partial charge on any atom is 0.232 e. The van der Waals surface area contributed by atoms with Gasteiger partial charge in [0.1, 0.15) is 0 Å². The summed E-state index contributed by atoms with van der Waals surface area (Å²) in [7, 11) is 0. The lowest BCUT2D eigenvalue weighted by Gasteiger charge is -2.19. The molecule has 1 aromatic rings. The Balaban J connectivity index is 2.16. The Kier molecular flexibility index (Phi) is 8.28. The van der Waals surface area contributed by atoms with Gasteiger partial charge < -0.3 is 10.1 Å². The zero-order valence-electron chi connectivity index (χ0n) is 14.1. The van der Waals surface area contributed by atoms with Crippen molar-refractivity contribution in [1.82, 2.24) is 15.3 Å². The van der Waals surface area contributed by atoms with Crippen molar-refractivity contribution in [2.75, 3.05) is 6.61 Å². The van der Waals surface area contributed by atoms with Crippen molar-refractivity contribution >= 4 is 0 Å². The van der Waals surface area contributed by atoms with Crippen LogP contribution in [0.25, 0.3) is 0 Å². The molecule has 1 aromatic heterocycles. The first-order valence-electron chi connectivity index (χ1n) is 8.20. The van der Waals surface area contributed by atoms with Crippen LogP contribution in [0, 0.1) is 0 Å². The summed E-state index contributed by atoms with van der Waals surface area (Å²) in [6.07, 6.45) is 11.1. The van der Waals surface area contributed by atoms with Crippen LogP contribution in [-0.4, -0.2) is 22.1 Å². The predicted molar refractivity (Wildman–Crippen MR) is 87.5 cm³/mol. The molecule has 0 aliphatic carbocycles. The minimum absolute atomic E-state index is 0.0919. The molecular formula is C17H31N3O. The fourth-order valence-electron chi connectivity index (χ4n) is 1.92. The highest BCUT2D eigenvalue weighted by Gasteiger charge is 2.09. The van der Waals surface area contributed by atoms with Gasteiger partial charge in [0.05, 0.1) is 24.7 Å². The van der Waals surface area contributed by atoms with Crippen LogP contribution in [0.5, 0.6) is 5.88 Å². The Hall–Kier alpha value is -1.16. The summed E-state index contributed by atoms with van der Waals surface area (Å²) >= 11 is 0. The summed E-state index contributed by atoms with van der Waals surface area (Å²) < 4.78 is 5.62. The van der Waals surface area contributed by atoms with Gasteiger partial charge in [0.15, 0.2) is 0 Å². The maximum absolute atomic E-state index is 5.62. The first-order valence-corrected chi connectivity index (χ1v) is 8.20. The van der Waals surface area contributed by atoms with E-state index in [1.54, 1.807) is 12.4 Å². The second-order valence-corrected chi connectivity index (χ2v) is 6.57. The molecule has 21 heavy (non-hydrogen) atoms. The van der Waals surface area contributed by atoms with E-state index in [1.165, 1.54) is 32.1 Å². The fraction of sp³-hybridized carbons (Fsp3) is 0.765. The molecule has 0 bridgehead atoms. The van der Waals surface area contributed by atoms with Gasteiger partial charge in [-0.1, -0.05) is 39.0 Å². The molecule has 1 N–H and O–H groups in total. The molecule has 0 aromatic carbocycles. The Morgan fingerprint density at radius 1 is 1.00 bits per heavy atom. The number of hydrogen-bond acceptors (Lipinski definition) is 4. The van der Waals surface area contributed by atoms with Gasteiger partial charge in [0.2, 0.25) is 5.88 Å². The fourth-order valence-corrected chi connectivity index (χ4v) is 1.92. The monoisotopic (exact) mass is 293 g/mol. The van der Waals surface area contributed by atoms with Crippen LogP contribution in [0.3, 0.4) is 0 Å². The standard InChI is InChI=1S/C17H31N3O/c1-5-6-7-8-9-10-11-21-16-14-18-15(12-19-16)13-20-17(2,3)4/h12,14,20H,5-11,13H2,1-4H3. The number of ether oxygens (including phenoxy) is 1. The molecule has 1 rings (SSSR count). The predicted octanol–water partition coefficient (Wildman–Crippen LogP) is 4.10. The lowest BCUT2D eigenvalue weighted by Crippen LogP contribution is -2.35. The quantitative estimate of drug-likeness (QED) is 0.660. The summed E-state index contributed by atoms with van der Waals surface area (Å²) in [5, 5.41) is 3.39. The van der Waals surface area contributed by atoms with Gasteiger partial charge in [0, 0.05) is 12.1 Å². The Bertz CT molecular complexity index is 371. The smallest absolute Gasteiger partial charge is 0.232 e. The van der Waals surface area contributed by atoms with E-state index in [9.17, 15) is 0 Å². The highest BCUT2D eigenvalue weighted by molar-refractivity contribution is 5.07. The lowest BCUT2D eigenvalue weighted by atomic mass is 10.1. The summed E-state index contributed by atoms with van der Waals surface area (Å²) in [6, 6.07) is 0. The summed E-state index contributed by atoms with van der Waals surface area (Å²) in [4.78, 5) is 8.67. The van der Waals surface area contributed by atoms with Crippen LogP contribution in [-0.2, 0) is 6.54 Å². The van der Waals surface area contributed by atoms with E-state index in [-0.39, 0.29) is 5.54 Å². The van der Waals surface area contributed by atoms with Crippen LogP contribution in [0.1, 0.15) is 71.9 Å². The Morgan fingerprint density at radius 3 is 2.33 bits per heavy atom. The molecule has 0 atom stereocenters. The number of aromatic nitrogens is 2. The Morgan fingerprint density at radius 2 is 1.71 bits per heavy atom. The zero-order chi connectivity index (χ0) is 15.6. The first kappa shape index (κ1) is 17.9. The number of hydrogen-bond donors (Lipinski definition) is 1. The summed E-state index contributed by atoms with van der Waals surface area (Å²) in [6.45, 7) is 10.1. The molecule has 0 spiro atoms. The van der Waals surface area contributed by atoms with Crippen molar-refractivity contribution in [1.29, 1.82) is 0 Å². The molecule has 120 valence electrons. The van der Waals surface area contributed by atoms with E-state index < -0.39 is 0 Å². The van der Waals surface area contributed by atoms with Crippen LogP contribution in [0.2, 0.25) is 0 Å². The van der Waals surface area contributed by atoms with Gasteiger partial charge in [0.25, 0.3) is 0 Å². The molecule has 0 fully saturated rings. The van der Waals surface area contributed by atoms with Gasteiger partial charge in [-0.05, 0) is 27.2 Å². The number of rotatable bonds is 10. The van der Waals surface area contributed by atoms with E-state index in [0.29, 0.717) is 5.88 Å². The molecule has 1 heterocycles. The van der Waals surface area contributed by atoms with Gasteiger partial charge in [-0.3, -0.25) is 4.98 Å². The third-order valence-corrected chi connectivity index (χ3v) is 3.23. The minimum Gasteiger partial charge on any atom is -0.477 e. The minimum atomic E-state index is 0.0919. The molecule has 0 saturated carbocycles. The molecule has 4 nitrogen and oxygen atoms in total. The number of nitrogens with one attached hydrogen (secondary N) is 1. The molecular weight excluding hydrogens is 262 g/mol. The number of nitrogens with zero attached hydrogens (tertiary/aromatic N) is 2. The van der Waals surface area contributed by atoms with Crippen LogP contribution >= 0.6 is 0 Å². The van der Waals surface area contributed by atoms with E-state index in [4.69, 9.17) is 4.74 Å². The van der Waals surface area contributed by atoms with Crippen molar-refractivity contribution in [3.05, 3.63) is 18.1 Å². The highest BCUT2D eigenvalue weighted by Crippen LogP contribution is 2.08. The first-order chi connectivity index (χ1) is 10.0. The lowest BCUT2D eigenvalue weighted by molar-refractivity contribution is 0.291. The van der Waals surface area contributed by atoms with Crippen molar-refractivity contribution < 1.29 is 4.74 Å². The second kappa shape index (κ2) is 9.72. The van der Waals surface area contributed by atoms with E-state index in [1.807, 2.05) is 0 Å². The molecule has 0 aliphatic rings. The average Bonchev–Trinajstić information content (AvgIpc) is 2.44. The third-order valence-electron chi connectivity index (χ3n) is 3.23. The normalized spacial score (nSPS) is 11.6. The molecule has 0 amide bonds. The second-order valence-electron chi connectivity index (χ2n) is 6.57. The van der Waals surface area contributed by atoms with E-state index >= 15 is 0 Å². The van der Waals surface area contributed by atoms with Crippen LogP contribution in [0.4, 0.5) is 0 Å². The molecule has 0 unspecified atom stereocenters. The highest BCUT2D eigenvalue weighted by atomic mass is 16.5. The van der Waals surface area contributed by atoms with Gasteiger partial charge in [-0.15, -0.1) is 0 Å². The van der Waals surface area contributed by atoms with Gasteiger partial charge in [-0.2, -0.15) is 0 Å².